The minimum Gasteiger partial charge on any atom is -0.366 e. The topological polar surface area (TPSA) is 49.8 Å². The Balaban J connectivity index is 2.05. The summed E-state index contributed by atoms with van der Waals surface area (Å²) in [6.45, 7) is 7.59. The molecule has 1 heterocycles. The van der Waals surface area contributed by atoms with Crippen LogP contribution in [0.15, 0.2) is 6.20 Å². The Morgan fingerprint density at radius 2 is 2.15 bits per heavy atom. The number of anilines is 2. The smallest absolute Gasteiger partial charge is 0.224 e. The van der Waals surface area contributed by atoms with Crippen LogP contribution >= 0.6 is 11.6 Å². The Kier molecular flexibility index (Phi) is 5.46. The highest BCUT2D eigenvalue weighted by atomic mass is 35.5. The van der Waals surface area contributed by atoms with Gasteiger partial charge in [0.2, 0.25) is 5.95 Å². The second-order valence-corrected chi connectivity index (χ2v) is 6.08. The fraction of sp³-hybridized carbons (Fsp3) is 0.733. The Morgan fingerprint density at radius 3 is 2.80 bits per heavy atom. The van der Waals surface area contributed by atoms with Crippen molar-refractivity contribution < 1.29 is 0 Å². The summed E-state index contributed by atoms with van der Waals surface area (Å²) in [5.74, 6) is 2.88. The van der Waals surface area contributed by atoms with E-state index in [2.05, 4.69) is 41.4 Å². The van der Waals surface area contributed by atoms with Crippen molar-refractivity contribution in [2.45, 2.75) is 52.5 Å². The summed E-state index contributed by atoms with van der Waals surface area (Å²) in [5.41, 5.74) is 0. The zero-order valence-electron chi connectivity index (χ0n) is 12.6. The molecular weight excluding hydrogens is 272 g/mol. The third-order valence-electron chi connectivity index (χ3n) is 4.35. The molecule has 0 spiro atoms. The highest BCUT2D eigenvalue weighted by Crippen LogP contribution is 2.36. The standard InChI is InChI=1S/C15H25ClN4/c1-4-8-17-15-18-9-12(16)14(20-15)19-13-7-6-11(5-2)10(13)3/h9-11,13H,4-8H2,1-3H3,(H2,17,18,19,20). The predicted octanol–water partition coefficient (Wildman–Crippen LogP) is 4.19. The minimum atomic E-state index is 0.464. The van der Waals surface area contributed by atoms with Crippen LogP contribution in [0.3, 0.4) is 0 Å². The van der Waals surface area contributed by atoms with Gasteiger partial charge in [0.15, 0.2) is 5.82 Å². The number of rotatable bonds is 6. The van der Waals surface area contributed by atoms with Gasteiger partial charge in [0.25, 0.3) is 0 Å². The van der Waals surface area contributed by atoms with E-state index in [1.165, 1.54) is 19.3 Å². The zero-order valence-corrected chi connectivity index (χ0v) is 13.4. The van der Waals surface area contributed by atoms with Crippen LogP contribution < -0.4 is 10.6 Å². The van der Waals surface area contributed by atoms with E-state index in [1.807, 2.05) is 0 Å². The molecule has 5 heteroatoms. The SMILES string of the molecule is CCCNc1ncc(Cl)c(NC2CCC(CC)C2C)n1. The lowest BCUT2D eigenvalue weighted by Crippen LogP contribution is -2.25. The lowest BCUT2D eigenvalue weighted by molar-refractivity contribution is 0.391. The van der Waals surface area contributed by atoms with Crippen LogP contribution in [0, 0.1) is 11.8 Å². The van der Waals surface area contributed by atoms with Crippen molar-refractivity contribution in [3.8, 4) is 0 Å². The molecule has 0 aliphatic heterocycles. The lowest BCUT2D eigenvalue weighted by Gasteiger charge is -2.22. The summed E-state index contributed by atoms with van der Waals surface area (Å²) < 4.78 is 0. The van der Waals surface area contributed by atoms with Crippen molar-refractivity contribution in [3.63, 3.8) is 0 Å². The van der Waals surface area contributed by atoms with Crippen LogP contribution in [0.5, 0.6) is 0 Å². The monoisotopic (exact) mass is 296 g/mol. The molecule has 112 valence electrons. The summed E-state index contributed by atoms with van der Waals surface area (Å²) in [6, 6.07) is 0.464. The Hall–Kier alpha value is -1.03. The van der Waals surface area contributed by atoms with Crippen molar-refractivity contribution in [2.24, 2.45) is 11.8 Å². The largest absolute Gasteiger partial charge is 0.366 e. The summed E-state index contributed by atoms with van der Waals surface area (Å²) >= 11 is 6.21. The van der Waals surface area contributed by atoms with Crippen LogP contribution in [0.2, 0.25) is 5.02 Å². The molecule has 0 radical (unpaired) electrons. The van der Waals surface area contributed by atoms with E-state index >= 15 is 0 Å². The maximum absolute atomic E-state index is 6.21. The van der Waals surface area contributed by atoms with Crippen molar-refractivity contribution in [3.05, 3.63) is 11.2 Å². The second kappa shape index (κ2) is 7.11. The molecule has 3 unspecified atom stereocenters. The van der Waals surface area contributed by atoms with E-state index in [9.17, 15) is 0 Å². The maximum Gasteiger partial charge on any atom is 0.224 e. The molecule has 0 aromatic carbocycles. The number of nitrogens with one attached hydrogen (secondary N) is 2. The first kappa shape index (κ1) is 15.4. The maximum atomic E-state index is 6.21. The molecule has 1 aliphatic carbocycles. The molecule has 1 saturated carbocycles. The van der Waals surface area contributed by atoms with Gasteiger partial charge < -0.3 is 10.6 Å². The molecule has 4 nitrogen and oxygen atoms in total. The van der Waals surface area contributed by atoms with Crippen molar-refractivity contribution >= 4 is 23.4 Å². The second-order valence-electron chi connectivity index (χ2n) is 5.67. The van der Waals surface area contributed by atoms with E-state index in [0.29, 0.717) is 22.9 Å². The molecule has 3 atom stereocenters. The summed E-state index contributed by atoms with van der Waals surface area (Å²) in [5, 5.41) is 7.31. The van der Waals surface area contributed by atoms with E-state index in [-0.39, 0.29) is 0 Å². The van der Waals surface area contributed by atoms with Crippen LogP contribution in [0.1, 0.15) is 46.5 Å². The average molecular weight is 297 g/mol. The zero-order chi connectivity index (χ0) is 14.5. The molecule has 0 bridgehead atoms. The molecule has 1 aliphatic rings. The molecule has 0 amide bonds. The fourth-order valence-corrected chi connectivity index (χ4v) is 3.14. The quantitative estimate of drug-likeness (QED) is 0.826. The number of aromatic nitrogens is 2. The highest BCUT2D eigenvalue weighted by molar-refractivity contribution is 6.32. The van der Waals surface area contributed by atoms with Gasteiger partial charge in [-0.2, -0.15) is 4.98 Å². The molecular formula is C15H25ClN4. The van der Waals surface area contributed by atoms with Gasteiger partial charge >= 0.3 is 0 Å². The van der Waals surface area contributed by atoms with E-state index in [1.54, 1.807) is 6.20 Å². The minimum absolute atomic E-state index is 0.464. The van der Waals surface area contributed by atoms with Gasteiger partial charge in [0, 0.05) is 12.6 Å². The van der Waals surface area contributed by atoms with Gasteiger partial charge in [-0.05, 0) is 31.1 Å². The summed E-state index contributed by atoms with van der Waals surface area (Å²) in [4.78, 5) is 8.70. The number of hydrogen-bond acceptors (Lipinski definition) is 4. The lowest BCUT2D eigenvalue weighted by atomic mass is 9.93. The molecule has 0 saturated heterocycles. The van der Waals surface area contributed by atoms with Gasteiger partial charge in [0.1, 0.15) is 5.02 Å². The third kappa shape index (κ3) is 3.54. The van der Waals surface area contributed by atoms with Crippen LogP contribution in [0.4, 0.5) is 11.8 Å². The molecule has 2 N–H and O–H groups in total. The fourth-order valence-electron chi connectivity index (χ4n) is 2.99. The molecule has 1 fully saturated rings. The molecule has 1 aromatic rings. The number of halogens is 1. The predicted molar refractivity (Wildman–Crippen MR) is 85.4 cm³/mol. The van der Waals surface area contributed by atoms with Gasteiger partial charge in [-0.15, -0.1) is 0 Å². The van der Waals surface area contributed by atoms with Crippen molar-refractivity contribution in [1.29, 1.82) is 0 Å². The Morgan fingerprint density at radius 1 is 1.35 bits per heavy atom. The number of nitrogens with zero attached hydrogens (tertiary/aromatic N) is 2. The van der Waals surface area contributed by atoms with E-state index in [0.717, 1.165) is 24.7 Å². The summed E-state index contributed by atoms with van der Waals surface area (Å²) in [7, 11) is 0. The number of hydrogen-bond donors (Lipinski definition) is 2. The molecule has 2 rings (SSSR count). The average Bonchev–Trinajstić information content (AvgIpc) is 2.80. The van der Waals surface area contributed by atoms with E-state index < -0.39 is 0 Å². The highest BCUT2D eigenvalue weighted by Gasteiger charge is 2.32. The third-order valence-corrected chi connectivity index (χ3v) is 4.63. The normalized spacial score (nSPS) is 25.7. The molecule has 20 heavy (non-hydrogen) atoms. The van der Waals surface area contributed by atoms with Crippen molar-refractivity contribution in [1.82, 2.24) is 9.97 Å². The molecule has 1 aromatic heterocycles. The van der Waals surface area contributed by atoms with Crippen LogP contribution in [0.25, 0.3) is 0 Å². The first-order valence-corrected chi connectivity index (χ1v) is 8.06. The van der Waals surface area contributed by atoms with Gasteiger partial charge in [-0.25, -0.2) is 4.98 Å². The Bertz CT molecular complexity index is 438. The summed E-state index contributed by atoms with van der Waals surface area (Å²) in [6.07, 6.45) is 6.45. The first-order valence-electron chi connectivity index (χ1n) is 7.68. The van der Waals surface area contributed by atoms with E-state index in [4.69, 9.17) is 11.6 Å². The van der Waals surface area contributed by atoms with Gasteiger partial charge in [0.05, 0.1) is 6.20 Å². The van der Waals surface area contributed by atoms with Crippen LogP contribution in [-0.4, -0.2) is 22.6 Å². The first-order chi connectivity index (χ1) is 9.65. The Labute approximate surface area is 126 Å². The van der Waals surface area contributed by atoms with Gasteiger partial charge in [-0.1, -0.05) is 38.8 Å². The van der Waals surface area contributed by atoms with Gasteiger partial charge in [-0.3, -0.25) is 0 Å². The van der Waals surface area contributed by atoms with Crippen molar-refractivity contribution in [2.75, 3.05) is 17.2 Å². The van der Waals surface area contributed by atoms with Crippen LogP contribution in [-0.2, 0) is 0 Å².